The molecule has 0 radical (unpaired) electrons. The summed E-state index contributed by atoms with van der Waals surface area (Å²) >= 11 is 1.53. The summed E-state index contributed by atoms with van der Waals surface area (Å²) in [7, 11) is 0. The van der Waals surface area contributed by atoms with E-state index in [4.69, 9.17) is 4.74 Å². The van der Waals surface area contributed by atoms with Crippen LogP contribution in [0, 0.1) is 5.82 Å². The van der Waals surface area contributed by atoms with Gasteiger partial charge in [0.05, 0.1) is 18.7 Å². The Labute approximate surface area is 201 Å². The summed E-state index contributed by atoms with van der Waals surface area (Å²) in [6.45, 7) is 3.04. The molecule has 0 aliphatic rings. The normalized spacial score (nSPS) is 11.0. The number of amides is 1. The van der Waals surface area contributed by atoms with E-state index in [0.717, 1.165) is 27.5 Å². The van der Waals surface area contributed by atoms with E-state index in [2.05, 4.69) is 4.98 Å². The number of imidazole rings is 1. The smallest absolute Gasteiger partial charge is 0.306 e. The molecule has 0 spiro atoms. The van der Waals surface area contributed by atoms with Gasteiger partial charge in [-0.25, -0.2) is 9.37 Å². The highest BCUT2D eigenvalue weighted by Gasteiger charge is 2.18. The molecule has 0 fully saturated rings. The lowest BCUT2D eigenvalue weighted by Crippen LogP contribution is -2.33. The lowest BCUT2D eigenvalue weighted by Gasteiger charge is -2.23. The van der Waals surface area contributed by atoms with E-state index in [1.807, 2.05) is 46.3 Å². The predicted octanol–water partition coefficient (Wildman–Crippen LogP) is 5.12. The van der Waals surface area contributed by atoms with Gasteiger partial charge < -0.3 is 9.64 Å². The number of carbonyl (C=O) groups excluding carboxylic acids is 2. The van der Waals surface area contributed by atoms with Gasteiger partial charge in [0.15, 0.2) is 4.96 Å². The molecule has 2 heterocycles. The van der Waals surface area contributed by atoms with Gasteiger partial charge in [-0.2, -0.15) is 0 Å². The van der Waals surface area contributed by atoms with Crippen molar-refractivity contribution >= 4 is 28.2 Å². The number of nitrogens with zero attached hydrogens (tertiary/aromatic N) is 3. The highest BCUT2D eigenvalue weighted by molar-refractivity contribution is 7.15. The maximum absolute atomic E-state index is 13.3. The van der Waals surface area contributed by atoms with E-state index < -0.39 is 0 Å². The van der Waals surface area contributed by atoms with Crippen molar-refractivity contribution in [1.82, 2.24) is 14.3 Å². The zero-order valence-corrected chi connectivity index (χ0v) is 19.8. The summed E-state index contributed by atoms with van der Waals surface area (Å²) in [5, 5.41) is 2.04. The van der Waals surface area contributed by atoms with Crippen molar-refractivity contribution in [3.63, 3.8) is 0 Å². The first kappa shape index (κ1) is 23.6. The fraction of sp³-hybridized carbons (Fsp3) is 0.269. The van der Waals surface area contributed by atoms with Crippen LogP contribution in [-0.2, 0) is 27.3 Å². The molecule has 0 aliphatic heterocycles. The summed E-state index contributed by atoms with van der Waals surface area (Å²) < 4.78 is 20.2. The first-order valence-electron chi connectivity index (χ1n) is 11.2. The molecule has 176 valence electrons. The minimum atomic E-state index is -0.359. The van der Waals surface area contributed by atoms with Crippen LogP contribution in [0.2, 0.25) is 0 Å². The van der Waals surface area contributed by atoms with Gasteiger partial charge in [0.25, 0.3) is 0 Å². The van der Waals surface area contributed by atoms with Crippen LogP contribution in [0.3, 0.4) is 0 Å². The molecule has 4 aromatic rings. The predicted molar refractivity (Wildman–Crippen MR) is 130 cm³/mol. The summed E-state index contributed by atoms with van der Waals surface area (Å²) in [6.07, 6.45) is 2.77. The molecule has 0 unspecified atom stereocenters. The van der Waals surface area contributed by atoms with Gasteiger partial charge >= 0.3 is 5.97 Å². The van der Waals surface area contributed by atoms with Crippen LogP contribution in [0.4, 0.5) is 4.39 Å². The standard InChI is InChI=1S/C26H26FN3O3S/c1-2-33-25(32)13-12-24(31)29(16-19-6-4-3-5-7-19)15-14-22-18-34-26-28-23(17-30(22)26)20-8-10-21(27)11-9-20/h3-11,17-18H,2,12-16H2,1H3. The average molecular weight is 480 g/mol. The summed E-state index contributed by atoms with van der Waals surface area (Å²) in [5.74, 6) is -0.723. The van der Waals surface area contributed by atoms with Crippen molar-refractivity contribution in [3.8, 4) is 11.3 Å². The maximum Gasteiger partial charge on any atom is 0.306 e. The van der Waals surface area contributed by atoms with E-state index in [-0.39, 0.29) is 30.5 Å². The largest absolute Gasteiger partial charge is 0.466 e. The molecule has 0 saturated heterocycles. The number of aromatic nitrogens is 2. The fourth-order valence-corrected chi connectivity index (χ4v) is 4.62. The van der Waals surface area contributed by atoms with E-state index in [9.17, 15) is 14.0 Å². The monoisotopic (exact) mass is 479 g/mol. The zero-order chi connectivity index (χ0) is 23.9. The number of halogens is 1. The highest BCUT2D eigenvalue weighted by Crippen LogP contribution is 2.24. The number of ether oxygens (including phenoxy) is 1. The third kappa shape index (κ3) is 5.88. The molecule has 2 aromatic heterocycles. The molecular weight excluding hydrogens is 453 g/mol. The number of hydrogen-bond acceptors (Lipinski definition) is 5. The SMILES string of the molecule is CCOC(=O)CCC(=O)N(CCc1csc2nc(-c3ccc(F)cc3)cn12)Cc1ccccc1. The topological polar surface area (TPSA) is 63.9 Å². The van der Waals surface area contributed by atoms with Gasteiger partial charge in [-0.1, -0.05) is 30.3 Å². The van der Waals surface area contributed by atoms with Crippen LogP contribution in [0.15, 0.2) is 66.2 Å². The Balaban J connectivity index is 1.48. The fourth-order valence-electron chi connectivity index (χ4n) is 3.71. The molecule has 8 heteroatoms. The Hall–Kier alpha value is -3.52. The molecule has 0 bridgehead atoms. The van der Waals surface area contributed by atoms with Gasteiger partial charge in [0, 0.05) is 48.8 Å². The van der Waals surface area contributed by atoms with Crippen LogP contribution in [0.5, 0.6) is 0 Å². The third-order valence-corrected chi connectivity index (χ3v) is 6.37. The van der Waals surface area contributed by atoms with Crippen molar-refractivity contribution in [3.05, 3.63) is 83.2 Å². The second-order valence-electron chi connectivity index (χ2n) is 7.87. The number of rotatable bonds is 10. The average Bonchev–Trinajstić information content (AvgIpc) is 3.43. The van der Waals surface area contributed by atoms with Crippen molar-refractivity contribution < 1.29 is 18.7 Å². The van der Waals surface area contributed by atoms with Gasteiger partial charge in [0.1, 0.15) is 5.82 Å². The Morgan fingerprint density at radius 2 is 1.85 bits per heavy atom. The van der Waals surface area contributed by atoms with E-state index in [0.29, 0.717) is 26.1 Å². The quantitative estimate of drug-likeness (QED) is 0.296. The number of benzene rings is 2. The molecule has 0 saturated carbocycles. The molecule has 34 heavy (non-hydrogen) atoms. The highest BCUT2D eigenvalue weighted by atomic mass is 32.1. The van der Waals surface area contributed by atoms with E-state index >= 15 is 0 Å². The zero-order valence-electron chi connectivity index (χ0n) is 18.9. The number of hydrogen-bond donors (Lipinski definition) is 0. The Morgan fingerprint density at radius 3 is 2.59 bits per heavy atom. The molecule has 2 aromatic carbocycles. The lowest BCUT2D eigenvalue weighted by molar-refractivity contribution is -0.145. The molecule has 4 rings (SSSR count). The molecular formula is C26H26FN3O3S. The minimum Gasteiger partial charge on any atom is -0.466 e. The third-order valence-electron chi connectivity index (χ3n) is 5.48. The van der Waals surface area contributed by atoms with E-state index in [1.165, 1.54) is 23.5 Å². The first-order chi connectivity index (χ1) is 16.5. The first-order valence-corrected chi connectivity index (χ1v) is 12.1. The van der Waals surface area contributed by atoms with Gasteiger partial charge in [0.2, 0.25) is 5.91 Å². The van der Waals surface area contributed by atoms with Crippen LogP contribution < -0.4 is 0 Å². The van der Waals surface area contributed by atoms with Crippen molar-refractivity contribution in [2.24, 2.45) is 0 Å². The van der Waals surface area contributed by atoms with Crippen molar-refractivity contribution in [1.29, 1.82) is 0 Å². The molecule has 1 amide bonds. The Kier molecular flexibility index (Phi) is 7.69. The molecule has 0 aliphatic carbocycles. The molecule has 0 N–H and O–H groups in total. The second-order valence-corrected chi connectivity index (χ2v) is 8.71. The van der Waals surface area contributed by atoms with Gasteiger partial charge in [-0.05, 0) is 36.8 Å². The van der Waals surface area contributed by atoms with Crippen LogP contribution in [0.25, 0.3) is 16.2 Å². The van der Waals surface area contributed by atoms with Crippen molar-refractivity contribution in [2.45, 2.75) is 32.7 Å². The lowest BCUT2D eigenvalue weighted by atomic mass is 10.1. The summed E-state index contributed by atoms with van der Waals surface area (Å²) in [5.41, 5.74) is 3.70. The van der Waals surface area contributed by atoms with Crippen LogP contribution in [-0.4, -0.2) is 39.3 Å². The van der Waals surface area contributed by atoms with Crippen LogP contribution in [0.1, 0.15) is 31.0 Å². The number of fused-ring (bicyclic) bond motifs is 1. The summed E-state index contributed by atoms with van der Waals surface area (Å²) in [4.78, 5) is 32.0. The second kappa shape index (κ2) is 11.1. The maximum atomic E-state index is 13.3. The van der Waals surface area contributed by atoms with Crippen LogP contribution >= 0.6 is 11.3 Å². The number of thiazole rings is 1. The minimum absolute atomic E-state index is 0.0726. The van der Waals surface area contributed by atoms with Gasteiger partial charge in [-0.3, -0.25) is 14.0 Å². The van der Waals surface area contributed by atoms with Crippen molar-refractivity contribution in [2.75, 3.05) is 13.2 Å². The number of esters is 1. The molecule has 0 atom stereocenters. The Bertz CT molecular complexity index is 1250. The summed E-state index contributed by atoms with van der Waals surface area (Å²) in [6, 6.07) is 16.1. The Morgan fingerprint density at radius 1 is 1.09 bits per heavy atom. The van der Waals surface area contributed by atoms with Gasteiger partial charge in [-0.15, -0.1) is 11.3 Å². The van der Waals surface area contributed by atoms with E-state index in [1.54, 1.807) is 24.0 Å². The molecule has 6 nitrogen and oxygen atoms in total. The number of carbonyl (C=O) groups is 2.